The number of aromatic nitrogens is 2. The Morgan fingerprint density at radius 2 is 2.50 bits per heavy atom. The SMILES string of the molecule is CCCn1nccc1C#CCO. The molecule has 0 spiro atoms. The third kappa shape index (κ3) is 2.11. The lowest BCUT2D eigenvalue weighted by Gasteiger charge is -1.98. The van der Waals surface area contributed by atoms with Crippen molar-refractivity contribution in [2.24, 2.45) is 0 Å². The third-order valence-corrected chi connectivity index (χ3v) is 1.45. The van der Waals surface area contributed by atoms with Crippen molar-refractivity contribution in [3.63, 3.8) is 0 Å². The minimum absolute atomic E-state index is 0.0999. The molecule has 0 fully saturated rings. The van der Waals surface area contributed by atoms with Gasteiger partial charge < -0.3 is 5.11 Å². The molecule has 1 rings (SSSR count). The van der Waals surface area contributed by atoms with E-state index in [-0.39, 0.29) is 6.61 Å². The minimum atomic E-state index is -0.0999. The zero-order chi connectivity index (χ0) is 8.81. The summed E-state index contributed by atoms with van der Waals surface area (Å²) in [5.74, 6) is 5.42. The number of aliphatic hydroxyl groups excluding tert-OH is 1. The van der Waals surface area contributed by atoms with Gasteiger partial charge in [-0.2, -0.15) is 5.10 Å². The first-order valence-electron chi connectivity index (χ1n) is 4.00. The molecule has 0 unspecified atom stereocenters. The lowest BCUT2D eigenvalue weighted by molar-refractivity contribution is 0.350. The molecule has 3 heteroatoms. The van der Waals surface area contributed by atoms with Crippen molar-refractivity contribution in [3.8, 4) is 11.8 Å². The highest BCUT2D eigenvalue weighted by atomic mass is 16.2. The molecule has 0 aliphatic rings. The first-order chi connectivity index (χ1) is 5.88. The van der Waals surface area contributed by atoms with Crippen LogP contribution >= 0.6 is 0 Å². The summed E-state index contributed by atoms with van der Waals surface area (Å²) in [6.07, 6.45) is 2.76. The Balaban J connectivity index is 2.76. The van der Waals surface area contributed by atoms with Crippen molar-refractivity contribution in [2.45, 2.75) is 19.9 Å². The van der Waals surface area contributed by atoms with Gasteiger partial charge in [0.15, 0.2) is 0 Å². The van der Waals surface area contributed by atoms with Crippen molar-refractivity contribution in [3.05, 3.63) is 18.0 Å². The van der Waals surface area contributed by atoms with Crippen LogP contribution in [-0.4, -0.2) is 21.5 Å². The molecular weight excluding hydrogens is 152 g/mol. The van der Waals surface area contributed by atoms with Gasteiger partial charge in [-0.15, -0.1) is 0 Å². The van der Waals surface area contributed by atoms with Gasteiger partial charge in [0, 0.05) is 6.54 Å². The molecule has 0 saturated carbocycles. The highest BCUT2D eigenvalue weighted by Gasteiger charge is 1.95. The molecule has 64 valence electrons. The van der Waals surface area contributed by atoms with Gasteiger partial charge in [-0.3, -0.25) is 4.68 Å². The topological polar surface area (TPSA) is 38.0 Å². The number of rotatable bonds is 2. The summed E-state index contributed by atoms with van der Waals surface area (Å²) in [4.78, 5) is 0. The number of hydrogen-bond acceptors (Lipinski definition) is 2. The molecule has 0 aromatic carbocycles. The van der Waals surface area contributed by atoms with Crippen LogP contribution in [0.15, 0.2) is 12.3 Å². The summed E-state index contributed by atoms with van der Waals surface area (Å²) >= 11 is 0. The lowest BCUT2D eigenvalue weighted by atomic mass is 10.4. The first-order valence-corrected chi connectivity index (χ1v) is 4.00. The van der Waals surface area contributed by atoms with E-state index >= 15 is 0 Å². The molecule has 0 aliphatic heterocycles. The van der Waals surface area contributed by atoms with Gasteiger partial charge in [-0.1, -0.05) is 12.8 Å². The average molecular weight is 164 g/mol. The Bertz CT molecular complexity index is 293. The Morgan fingerprint density at radius 3 is 3.17 bits per heavy atom. The number of aryl methyl sites for hydroxylation is 1. The summed E-state index contributed by atoms with van der Waals surface area (Å²) < 4.78 is 1.84. The summed E-state index contributed by atoms with van der Waals surface area (Å²) in [7, 11) is 0. The molecule has 0 radical (unpaired) electrons. The number of aliphatic hydroxyl groups is 1. The van der Waals surface area contributed by atoms with Gasteiger partial charge >= 0.3 is 0 Å². The number of nitrogens with zero attached hydrogens (tertiary/aromatic N) is 2. The zero-order valence-electron chi connectivity index (χ0n) is 7.12. The van der Waals surface area contributed by atoms with Crippen LogP contribution in [0.1, 0.15) is 19.0 Å². The van der Waals surface area contributed by atoms with Crippen molar-refractivity contribution in [1.82, 2.24) is 9.78 Å². The molecule has 0 atom stereocenters. The highest BCUT2D eigenvalue weighted by Crippen LogP contribution is 1.97. The van der Waals surface area contributed by atoms with E-state index in [1.807, 2.05) is 10.7 Å². The monoisotopic (exact) mass is 164 g/mol. The van der Waals surface area contributed by atoms with Crippen LogP contribution in [0.4, 0.5) is 0 Å². The molecule has 1 N–H and O–H groups in total. The predicted octanol–water partition coefficient (Wildman–Crippen LogP) is 0.637. The summed E-state index contributed by atoms with van der Waals surface area (Å²) in [6, 6.07) is 1.85. The predicted molar refractivity (Wildman–Crippen MR) is 46.5 cm³/mol. The molecule has 0 amide bonds. The fourth-order valence-corrected chi connectivity index (χ4v) is 0.959. The van der Waals surface area contributed by atoms with Crippen molar-refractivity contribution in [1.29, 1.82) is 0 Å². The van der Waals surface area contributed by atoms with E-state index in [0.29, 0.717) is 0 Å². The molecule has 1 aromatic heterocycles. The molecule has 0 aliphatic carbocycles. The third-order valence-electron chi connectivity index (χ3n) is 1.45. The molecule has 1 aromatic rings. The Labute approximate surface area is 72.0 Å². The fraction of sp³-hybridized carbons (Fsp3) is 0.444. The maximum absolute atomic E-state index is 8.48. The Kier molecular flexibility index (Phi) is 3.36. The first kappa shape index (κ1) is 8.82. The van der Waals surface area contributed by atoms with Gasteiger partial charge in [0.25, 0.3) is 0 Å². The van der Waals surface area contributed by atoms with Crippen molar-refractivity contribution in [2.75, 3.05) is 6.61 Å². The van der Waals surface area contributed by atoms with E-state index in [1.165, 1.54) is 0 Å². The highest BCUT2D eigenvalue weighted by molar-refractivity contribution is 5.26. The second-order valence-corrected chi connectivity index (χ2v) is 2.40. The summed E-state index contributed by atoms with van der Waals surface area (Å²) in [6.45, 7) is 2.87. The standard InChI is InChI=1S/C9H12N2O/c1-2-7-11-9(4-3-8-12)5-6-10-11/h5-6,12H,2,7-8H2,1H3. The van der Waals surface area contributed by atoms with Gasteiger partial charge in [-0.05, 0) is 18.4 Å². The van der Waals surface area contributed by atoms with Crippen LogP contribution in [0, 0.1) is 11.8 Å². The zero-order valence-corrected chi connectivity index (χ0v) is 7.12. The minimum Gasteiger partial charge on any atom is -0.384 e. The van der Waals surface area contributed by atoms with E-state index in [9.17, 15) is 0 Å². The van der Waals surface area contributed by atoms with Crippen LogP contribution in [0.2, 0.25) is 0 Å². The van der Waals surface area contributed by atoms with E-state index in [1.54, 1.807) is 6.20 Å². The van der Waals surface area contributed by atoms with E-state index in [4.69, 9.17) is 5.11 Å². The average Bonchev–Trinajstić information content (AvgIpc) is 2.50. The quantitative estimate of drug-likeness (QED) is 0.651. The molecule has 0 bridgehead atoms. The maximum Gasteiger partial charge on any atom is 0.111 e. The van der Waals surface area contributed by atoms with Crippen LogP contribution < -0.4 is 0 Å². The van der Waals surface area contributed by atoms with Crippen LogP contribution in [0.5, 0.6) is 0 Å². The summed E-state index contributed by atoms with van der Waals surface area (Å²) in [5.41, 5.74) is 0.867. The fourth-order valence-electron chi connectivity index (χ4n) is 0.959. The largest absolute Gasteiger partial charge is 0.384 e. The van der Waals surface area contributed by atoms with E-state index < -0.39 is 0 Å². The Hall–Kier alpha value is -1.27. The van der Waals surface area contributed by atoms with Crippen molar-refractivity contribution < 1.29 is 5.11 Å². The van der Waals surface area contributed by atoms with Crippen molar-refractivity contribution >= 4 is 0 Å². The second-order valence-electron chi connectivity index (χ2n) is 2.40. The van der Waals surface area contributed by atoms with Gasteiger partial charge in [0.05, 0.1) is 6.20 Å². The normalized spacial score (nSPS) is 9.17. The molecule has 1 heterocycles. The van der Waals surface area contributed by atoms with E-state index in [0.717, 1.165) is 18.7 Å². The number of hydrogen-bond donors (Lipinski definition) is 1. The Morgan fingerprint density at radius 1 is 1.67 bits per heavy atom. The lowest BCUT2D eigenvalue weighted by Crippen LogP contribution is -2.01. The molecular formula is C9H12N2O. The second kappa shape index (κ2) is 4.58. The van der Waals surface area contributed by atoms with E-state index in [2.05, 4.69) is 23.9 Å². The van der Waals surface area contributed by atoms with Gasteiger partial charge in [0.1, 0.15) is 12.3 Å². The molecule has 12 heavy (non-hydrogen) atoms. The van der Waals surface area contributed by atoms with Crippen LogP contribution in [0.25, 0.3) is 0 Å². The molecule has 0 saturated heterocycles. The molecule has 3 nitrogen and oxygen atoms in total. The van der Waals surface area contributed by atoms with Gasteiger partial charge in [0.2, 0.25) is 0 Å². The van der Waals surface area contributed by atoms with Crippen LogP contribution in [0.3, 0.4) is 0 Å². The van der Waals surface area contributed by atoms with Crippen LogP contribution in [-0.2, 0) is 6.54 Å². The summed E-state index contributed by atoms with van der Waals surface area (Å²) in [5, 5.41) is 12.6. The smallest absolute Gasteiger partial charge is 0.111 e. The maximum atomic E-state index is 8.48. The van der Waals surface area contributed by atoms with Gasteiger partial charge in [-0.25, -0.2) is 0 Å².